The summed E-state index contributed by atoms with van der Waals surface area (Å²) >= 11 is 2.89. The molecule has 9 heteroatoms. The molecule has 2 rings (SSSR count). The van der Waals surface area contributed by atoms with E-state index in [0.717, 1.165) is 4.90 Å². The Morgan fingerprint density at radius 1 is 1.38 bits per heavy atom. The lowest BCUT2D eigenvalue weighted by molar-refractivity contribution is -0.155. The second-order valence-electron chi connectivity index (χ2n) is 5.40. The lowest BCUT2D eigenvalue weighted by Gasteiger charge is -2.16. The van der Waals surface area contributed by atoms with E-state index in [4.69, 9.17) is 5.11 Å². The number of nitrogens with one attached hydrogen (secondary N) is 1. The molecule has 0 radical (unpaired) electrons. The van der Waals surface area contributed by atoms with Crippen LogP contribution in [-0.4, -0.2) is 40.9 Å². The van der Waals surface area contributed by atoms with Crippen LogP contribution in [0.2, 0.25) is 0 Å². The van der Waals surface area contributed by atoms with Gasteiger partial charge in [0.25, 0.3) is 0 Å². The predicted molar refractivity (Wildman–Crippen MR) is 84.4 cm³/mol. The van der Waals surface area contributed by atoms with Crippen molar-refractivity contribution in [1.29, 1.82) is 0 Å². The molecule has 1 heterocycles. The topological polar surface area (TPSA) is 86.7 Å². The molecule has 1 atom stereocenters. The maximum Gasteiger partial charge on any atom is 0.394 e. The fourth-order valence-electron chi connectivity index (χ4n) is 2.62. The Balaban J connectivity index is 2.14. The van der Waals surface area contributed by atoms with Crippen molar-refractivity contribution in [1.82, 2.24) is 4.90 Å². The first kappa shape index (κ1) is 18.3. The molecule has 1 aromatic carbocycles. The molecule has 1 aliphatic heterocycles. The molecule has 1 unspecified atom stereocenters. The lowest BCUT2D eigenvalue weighted by Crippen LogP contribution is -2.36. The smallest absolute Gasteiger partial charge is 0.394 e. The van der Waals surface area contributed by atoms with E-state index < -0.39 is 35.3 Å². The standard InChI is InChI=1S/C15H15BrF2N2O4/c1-2-8-10(5-9(16)12(18)11(8)17)19-13(21)7-3-4-20(6-7)14(22)15(23)24/h5,7H,2-4,6H2,1H3,(H,19,21)(H,23,24). The van der Waals surface area contributed by atoms with Gasteiger partial charge in [0.15, 0.2) is 11.6 Å². The highest BCUT2D eigenvalue weighted by atomic mass is 79.9. The first-order valence-electron chi connectivity index (χ1n) is 7.25. The minimum Gasteiger partial charge on any atom is -0.474 e. The van der Waals surface area contributed by atoms with Gasteiger partial charge in [0.1, 0.15) is 0 Å². The Bertz CT molecular complexity index is 711. The Kier molecular flexibility index (Phi) is 5.53. The van der Waals surface area contributed by atoms with E-state index >= 15 is 0 Å². The Labute approximate surface area is 144 Å². The number of hydrogen-bond acceptors (Lipinski definition) is 3. The van der Waals surface area contributed by atoms with Gasteiger partial charge in [-0.1, -0.05) is 6.92 Å². The number of benzene rings is 1. The molecule has 2 N–H and O–H groups in total. The van der Waals surface area contributed by atoms with E-state index in [-0.39, 0.29) is 35.2 Å². The van der Waals surface area contributed by atoms with Crippen molar-refractivity contribution in [2.24, 2.45) is 5.92 Å². The van der Waals surface area contributed by atoms with E-state index in [1.165, 1.54) is 6.07 Å². The summed E-state index contributed by atoms with van der Waals surface area (Å²) < 4.78 is 27.4. The fraction of sp³-hybridized carbons (Fsp3) is 0.400. The van der Waals surface area contributed by atoms with Gasteiger partial charge in [-0.3, -0.25) is 9.59 Å². The summed E-state index contributed by atoms with van der Waals surface area (Å²) in [5.74, 6) is -5.77. The number of hydrogen-bond donors (Lipinski definition) is 2. The van der Waals surface area contributed by atoms with Gasteiger partial charge in [0.05, 0.1) is 10.4 Å². The Morgan fingerprint density at radius 2 is 2.04 bits per heavy atom. The van der Waals surface area contributed by atoms with Gasteiger partial charge in [0.2, 0.25) is 5.91 Å². The molecule has 2 amide bonds. The summed E-state index contributed by atoms with van der Waals surface area (Å²) in [6.45, 7) is 1.76. The number of rotatable bonds is 3. The highest BCUT2D eigenvalue weighted by molar-refractivity contribution is 9.10. The number of carboxylic acid groups (broad SMARTS) is 1. The van der Waals surface area contributed by atoms with Crippen LogP contribution in [0.1, 0.15) is 18.9 Å². The summed E-state index contributed by atoms with van der Waals surface area (Å²) in [7, 11) is 0. The third-order valence-corrected chi connectivity index (χ3v) is 4.48. The molecule has 6 nitrogen and oxygen atoms in total. The summed E-state index contributed by atoms with van der Waals surface area (Å²) in [6.07, 6.45) is 0.483. The molecular weight excluding hydrogens is 390 g/mol. The number of amides is 2. The van der Waals surface area contributed by atoms with E-state index in [0.29, 0.717) is 6.42 Å². The summed E-state index contributed by atoms with van der Waals surface area (Å²) in [5.41, 5.74) is 0.191. The highest BCUT2D eigenvalue weighted by Crippen LogP contribution is 2.30. The maximum atomic E-state index is 13.9. The molecule has 0 spiro atoms. The molecule has 1 aromatic rings. The Hall–Kier alpha value is -2.03. The van der Waals surface area contributed by atoms with Crippen LogP contribution in [0.5, 0.6) is 0 Å². The number of halogens is 3. The fourth-order valence-corrected chi connectivity index (χ4v) is 3.02. The average molecular weight is 405 g/mol. The van der Waals surface area contributed by atoms with Crippen molar-refractivity contribution in [3.63, 3.8) is 0 Å². The van der Waals surface area contributed by atoms with Gasteiger partial charge in [-0.15, -0.1) is 0 Å². The highest BCUT2D eigenvalue weighted by Gasteiger charge is 2.34. The van der Waals surface area contributed by atoms with Crippen LogP contribution in [0.4, 0.5) is 14.5 Å². The van der Waals surface area contributed by atoms with Crippen LogP contribution in [-0.2, 0) is 20.8 Å². The van der Waals surface area contributed by atoms with Crippen molar-refractivity contribution in [3.8, 4) is 0 Å². The van der Waals surface area contributed by atoms with Crippen molar-refractivity contribution in [2.75, 3.05) is 18.4 Å². The summed E-state index contributed by atoms with van der Waals surface area (Å²) in [4.78, 5) is 35.4. The minimum atomic E-state index is -1.58. The molecule has 24 heavy (non-hydrogen) atoms. The van der Waals surface area contributed by atoms with Crippen molar-refractivity contribution in [3.05, 3.63) is 27.7 Å². The van der Waals surface area contributed by atoms with Gasteiger partial charge >= 0.3 is 11.9 Å². The van der Waals surface area contributed by atoms with Crippen molar-refractivity contribution < 1.29 is 28.3 Å². The molecule has 0 bridgehead atoms. The number of aliphatic carboxylic acids is 1. The second kappa shape index (κ2) is 7.25. The van der Waals surface area contributed by atoms with Gasteiger partial charge in [-0.2, -0.15) is 0 Å². The maximum absolute atomic E-state index is 13.9. The molecule has 1 saturated heterocycles. The Morgan fingerprint density at radius 3 is 2.62 bits per heavy atom. The molecule has 0 saturated carbocycles. The third-order valence-electron chi connectivity index (χ3n) is 3.90. The van der Waals surface area contributed by atoms with Crippen LogP contribution in [0.15, 0.2) is 10.5 Å². The monoisotopic (exact) mass is 404 g/mol. The molecule has 0 aromatic heterocycles. The SMILES string of the molecule is CCc1c(NC(=O)C2CCN(C(=O)C(=O)O)C2)cc(Br)c(F)c1F. The zero-order valence-corrected chi connectivity index (χ0v) is 14.3. The van der Waals surface area contributed by atoms with Crippen molar-refractivity contribution >= 4 is 39.4 Å². The van der Waals surface area contributed by atoms with E-state index in [9.17, 15) is 23.2 Å². The number of anilines is 1. The average Bonchev–Trinajstić information content (AvgIpc) is 3.02. The van der Waals surface area contributed by atoms with E-state index in [2.05, 4.69) is 21.2 Å². The normalized spacial score (nSPS) is 17.0. The summed E-state index contributed by atoms with van der Waals surface area (Å²) in [6, 6.07) is 1.28. The van der Waals surface area contributed by atoms with Crippen LogP contribution >= 0.6 is 15.9 Å². The molecule has 1 fully saturated rings. The van der Waals surface area contributed by atoms with E-state index in [1.807, 2.05) is 0 Å². The predicted octanol–water partition coefficient (Wildman–Crippen LogP) is 2.16. The number of likely N-dealkylation sites (tertiary alicyclic amines) is 1. The zero-order valence-electron chi connectivity index (χ0n) is 12.7. The summed E-state index contributed by atoms with van der Waals surface area (Å²) in [5, 5.41) is 11.2. The van der Waals surface area contributed by atoms with Gasteiger partial charge in [-0.25, -0.2) is 13.6 Å². The third kappa shape index (κ3) is 3.55. The first-order valence-corrected chi connectivity index (χ1v) is 8.05. The number of carboxylic acids is 1. The van der Waals surface area contributed by atoms with Crippen LogP contribution in [0.3, 0.4) is 0 Å². The number of carbonyl (C=O) groups is 3. The van der Waals surface area contributed by atoms with Gasteiger partial charge in [0, 0.05) is 24.3 Å². The van der Waals surface area contributed by atoms with Gasteiger partial charge in [-0.05, 0) is 34.8 Å². The molecule has 0 aliphatic carbocycles. The largest absolute Gasteiger partial charge is 0.474 e. The zero-order chi connectivity index (χ0) is 18.0. The van der Waals surface area contributed by atoms with Crippen molar-refractivity contribution in [2.45, 2.75) is 19.8 Å². The molecule has 1 aliphatic rings. The van der Waals surface area contributed by atoms with E-state index in [1.54, 1.807) is 6.92 Å². The quantitative estimate of drug-likeness (QED) is 0.596. The van der Waals surface area contributed by atoms with Crippen LogP contribution in [0, 0.1) is 17.6 Å². The number of carbonyl (C=O) groups excluding carboxylic acids is 2. The molecule has 130 valence electrons. The second-order valence-corrected chi connectivity index (χ2v) is 6.25. The van der Waals surface area contributed by atoms with Gasteiger partial charge < -0.3 is 15.3 Å². The molecular formula is C15H15BrF2N2O4. The van der Waals surface area contributed by atoms with Crippen LogP contribution in [0.25, 0.3) is 0 Å². The lowest BCUT2D eigenvalue weighted by atomic mass is 10.1. The minimum absolute atomic E-state index is 0.0245. The number of nitrogens with zero attached hydrogens (tertiary/aromatic N) is 1. The first-order chi connectivity index (χ1) is 11.3. The van der Waals surface area contributed by atoms with Crippen LogP contribution < -0.4 is 5.32 Å².